The number of rotatable bonds is 3. The molecule has 6 rings (SSSR count). The molecule has 7 nitrogen and oxygen atoms in total. The molecule has 1 aromatic heterocycles. The largest absolute Gasteiger partial charge is 0.507 e. The summed E-state index contributed by atoms with van der Waals surface area (Å²) in [5.74, 6) is -0.812. The van der Waals surface area contributed by atoms with Gasteiger partial charge in [-0.1, -0.05) is 52.8 Å². The van der Waals surface area contributed by atoms with Crippen LogP contribution in [0.5, 0.6) is 11.5 Å². The van der Waals surface area contributed by atoms with Crippen molar-refractivity contribution in [3.05, 3.63) is 87.9 Å². The van der Waals surface area contributed by atoms with Crippen LogP contribution in [0, 0.1) is 6.92 Å². The average molecular weight is 519 g/mol. The van der Waals surface area contributed by atoms with Crippen molar-refractivity contribution in [3.8, 4) is 11.5 Å². The number of aromatic nitrogens is 1. The second kappa shape index (κ2) is 8.65. The van der Waals surface area contributed by atoms with Crippen LogP contribution in [0.2, 0.25) is 5.02 Å². The smallest absolute Gasteiger partial charge is 0.301 e. The second-order valence-electron chi connectivity index (χ2n) is 8.55. The third-order valence-electron chi connectivity index (χ3n) is 6.20. The highest BCUT2D eigenvalue weighted by molar-refractivity contribution is 7.22. The maximum Gasteiger partial charge on any atom is 0.301 e. The molecule has 0 bridgehead atoms. The fraction of sp³-hybridized carbons (Fsp3) is 0.148. The van der Waals surface area contributed by atoms with Crippen molar-refractivity contribution in [2.24, 2.45) is 0 Å². The Hall–Kier alpha value is -3.88. The van der Waals surface area contributed by atoms with Crippen molar-refractivity contribution < 1.29 is 24.2 Å². The highest BCUT2D eigenvalue weighted by Crippen LogP contribution is 2.45. The van der Waals surface area contributed by atoms with Crippen LogP contribution in [-0.4, -0.2) is 35.0 Å². The molecular formula is C27H19ClN2O5S. The first-order valence-electron chi connectivity index (χ1n) is 11.2. The number of aliphatic hydroxyl groups is 1. The molecule has 4 aromatic rings. The topological polar surface area (TPSA) is 89.0 Å². The Morgan fingerprint density at radius 1 is 1.03 bits per heavy atom. The number of hydrogen-bond donors (Lipinski definition) is 1. The summed E-state index contributed by atoms with van der Waals surface area (Å²) in [6.45, 7) is 2.77. The minimum absolute atomic E-state index is 0.0159. The van der Waals surface area contributed by atoms with Crippen molar-refractivity contribution in [1.82, 2.24) is 4.98 Å². The molecule has 1 amide bonds. The van der Waals surface area contributed by atoms with Gasteiger partial charge in [0.1, 0.15) is 19.0 Å². The van der Waals surface area contributed by atoms with Gasteiger partial charge in [0, 0.05) is 10.6 Å². The van der Waals surface area contributed by atoms with Gasteiger partial charge in [0.2, 0.25) is 0 Å². The molecule has 1 N–H and O–H groups in total. The first-order chi connectivity index (χ1) is 17.4. The molecule has 180 valence electrons. The minimum Gasteiger partial charge on any atom is -0.507 e. The van der Waals surface area contributed by atoms with Crippen LogP contribution in [0.3, 0.4) is 0 Å². The molecule has 1 atom stereocenters. The SMILES string of the molecule is Cc1ccc([C@@H]2C(=C(O)c3ccc4c(c3)OCCO4)C(=O)C(=O)N2c2nc3ccc(Cl)cc3s2)cc1. The van der Waals surface area contributed by atoms with Crippen molar-refractivity contribution in [3.63, 3.8) is 0 Å². The fourth-order valence-corrected chi connectivity index (χ4v) is 5.70. The van der Waals surface area contributed by atoms with Crippen LogP contribution in [0.15, 0.2) is 66.2 Å². The molecule has 0 saturated carbocycles. The molecule has 9 heteroatoms. The van der Waals surface area contributed by atoms with E-state index < -0.39 is 17.7 Å². The summed E-state index contributed by atoms with van der Waals surface area (Å²) in [6.07, 6.45) is 0. The number of amides is 1. The zero-order valence-electron chi connectivity index (χ0n) is 19.0. The van der Waals surface area contributed by atoms with Crippen molar-refractivity contribution in [1.29, 1.82) is 0 Å². The van der Waals surface area contributed by atoms with Gasteiger partial charge in [0.25, 0.3) is 5.78 Å². The molecule has 36 heavy (non-hydrogen) atoms. The zero-order valence-corrected chi connectivity index (χ0v) is 20.6. The predicted octanol–water partition coefficient (Wildman–Crippen LogP) is 5.66. The van der Waals surface area contributed by atoms with Gasteiger partial charge in [-0.05, 0) is 48.9 Å². The summed E-state index contributed by atoms with van der Waals surface area (Å²) < 4.78 is 12.0. The van der Waals surface area contributed by atoms with E-state index in [4.69, 9.17) is 21.1 Å². The van der Waals surface area contributed by atoms with E-state index in [9.17, 15) is 14.7 Å². The van der Waals surface area contributed by atoms with Crippen LogP contribution in [-0.2, 0) is 9.59 Å². The van der Waals surface area contributed by atoms with Crippen LogP contribution in [0.1, 0.15) is 22.7 Å². The van der Waals surface area contributed by atoms with Crippen LogP contribution in [0.25, 0.3) is 16.0 Å². The molecule has 2 aliphatic heterocycles. The predicted molar refractivity (Wildman–Crippen MR) is 138 cm³/mol. The van der Waals surface area contributed by atoms with Gasteiger partial charge >= 0.3 is 5.91 Å². The molecule has 1 fully saturated rings. The van der Waals surface area contributed by atoms with Crippen LogP contribution < -0.4 is 14.4 Å². The number of aliphatic hydroxyl groups excluding tert-OH is 1. The number of ether oxygens (including phenoxy) is 2. The summed E-state index contributed by atoms with van der Waals surface area (Å²) >= 11 is 7.41. The molecule has 0 radical (unpaired) electrons. The number of nitrogens with zero attached hydrogens (tertiary/aromatic N) is 2. The Labute approximate surface area is 215 Å². The second-order valence-corrected chi connectivity index (χ2v) is 9.99. The molecule has 0 spiro atoms. The maximum atomic E-state index is 13.4. The summed E-state index contributed by atoms with van der Waals surface area (Å²) in [5.41, 5.74) is 2.70. The first-order valence-corrected chi connectivity index (χ1v) is 12.4. The Kier molecular flexibility index (Phi) is 5.43. The highest BCUT2D eigenvalue weighted by atomic mass is 35.5. The van der Waals surface area contributed by atoms with E-state index in [0.717, 1.165) is 10.3 Å². The molecule has 2 aliphatic rings. The third-order valence-corrected chi connectivity index (χ3v) is 7.45. The molecule has 0 unspecified atom stereocenters. The van der Waals surface area contributed by atoms with Gasteiger partial charge < -0.3 is 14.6 Å². The fourth-order valence-electron chi connectivity index (χ4n) is 4.43. The van der Waals surface area contributed by atoms with Gasteiger partial charge in [-0.3, -0.25) is 14.5 Å². The van der Waals surface area contributed by atoms with Crippen molar-refractivity contribution in [2.45, 2.75) is 13.0 Å². The standard InChI is InChI=1S/C27H19ClN2O5S/c1-14-2-4-15(5-3-14)23-22(24(31)16-6-9-19-20(12-16)35-11-10-34-19)25(32)26(33)30(23)27-29-18-8-7-17(28)13-21(18)36-27/h2-9,12-13,23,31H,10-11H2,1H3/t23-/m1/s1. The molecular weight excluding hydrogens is 500 g/mol. The Balaban J connectivity index is 1.54. The number of benzene rings is 3. The number of anilines is 1. The van der Waals surface area contributed by atoms with Crippen LogP contribution in [0.4, 0.5) is 5.13 Å². The lowest BCUT2D eigenvalue weighted by Gasteiger charge is -2.23. The van der Waals surface area contributed by atoms with E-state index in [1.54, 1.807) is 36.4 Å². The number of hydrogen-bond acceptors (Lipinski definition) is 7. The molecule has 0 aliphatic carbocycles. The number of fused-ring (bicyclic) bond motifs is 2. The lowest BCUT2D eigenvalue weighted by molar-refractivity contribution is -0.132. The molecule has 1 saturated heterocycles. The van der Waals surface area contributed by atoms with E-state index in [-0.39, 0.29) is 11.3 Å². The van der Waals surface area contributed by atoms with Gasteiger partial charge in [0.05, 0.1) is 21.8 Å². The number of halogens is 1. The summed E-state index contributed by atoms with van der Waals surface area (Å²) in [6, 6.07) is 16.8. The Bertz CT molecular complexity index is 1580. The molecule has 3 heterocycles. The average Bonchev–Trinajstić information content (AvgIpc) is 3.41. The number of Topliss-reactive ketones (excluding diaryl/α,β-unsaturated/α-hetero) is 1. The zero-order chi connectivity index (χ0) is 25.0. The normalized spacial score (nSPS) is 18.7. The van der Waals surface area contributed by atoms with Crippen molar-refractivity contribution in [2.75, 3.05) is 18.1 Å². The van der Waals surface area contributed by atoms with Gasteiger partial charge in [0.15, 0.2) is 16.6 Å². The van der Waals surface area contributed by atoms with E-state index in [0.29, 0.717) is 51.5 Å². The number of carbonyl (C=O) groups is 2. The Morgan fingerprint density at radius 3 is 2.56 bits per heavy atom. The van der Waals surface area contributed by atoms with Gasteiger partial charge in [-0.2, -0.15) is 0 Å². The monoisotopic (exact) mass is 518 g/mol. The minimum atomic E-state index is -0.866. The van der Waals surface area contributed by atoms with E-state index in [2.05, 4.69) is 4.98 Å². The number of ketones is 1. The lowest BCUT2D eigenvalue weighted by Crippen LogP contribution is -2.29. The van der Waals surface area contributed by atoms with E-state index in [1.807, 2.05) is 31.2 Å². The van der Waals surface area contributed by atoms with Gasteiger partial charge in [-0.15, -0.1) is 0 Å². The van der Waals surface area contributed by atoms with E-state index >= 15 is 0 Å². The molecule has 3 aromatic carbocycles. The third kappa shape index (κ3) is 3.70. The first kappa shape index (κ1) is 22.6. The quantitative estimate of drug-likeness (QED) is 0.214. The number of aryl methyl sites for hydroxylation is 1. The highest BCUT2D eigenvalue weighted by Gasteiger charge is 2.48. The Morgan fingerprint density at radius 2 is 1.78 bits per heavy atom. The lowest BCUT2D eigenvalue weighted by atomic mass is 9.94. The summed E-state index contributed by atoms with van der Waals surface area (Å²) in [4.78, 5) is 32.8. The summed E-state index contributed by atoms with van der Waals surface area (Å²) in [5, 5.41) is 12.3. The summed E-state index contributed by atoms with van der Waals surface area (Å²) in [7, 11) is 0. The number of thiazole rings is 1. The van der Waals surface area contributed by atoms with Gasteiger partial charge in [-0.25, -0.2) is 4.98 Å². The maximum absolute atomic E-state index is 13.4. The van der Waals surface area contributed by atoms with Crippen molar-refractivity contribution >= 4 is 55.7 Å². The van der Waals surface area contributed by atoms with Crippen LogP contribution >= 0.6 is 22.9 Å². The van der Waals surface area contributed by atoms with E-state index in [1.165, 1.54) is 16.2 Å². The number of carbonyl (C=O) groups excluding carboxylic acids is 2.